The van der Waals surface area contributed by atoms with E-state index >= 15 is 0 Å². The van der Waals surface area contributed by atoms with Crippen LogP contribution in [0, 0.1) is 0 Å². The van der Waals surface area contributed by atoms with Crippen molar-refractivity contribution in [3.8, 4) is 0 Å². The summed E-state index contributed by atoms with van der Waals surface area (Å²) in [5.41, 5.74) is 3.16. The van der Waals surface area contributed by atoms with Gasteiger partial charge in [-0.3, -0.25) is 4.48 Å². The lowest BCUT2D eigenvalue weighted by Gasteiger charge is -2.43. The highest BCUT2D eigenvalue weighted by Crippen LogP contribution is 2.24. The lowest BCUT2D eigenvalue weighted by Crippen LogP contribution is -2.55. The predicted octanol–water partition coefficient (Wildman–Crippen LogP) is 2.94. The lowest BCUT2D eigenvalue weighted by molar-refractivity contribution is -0.921. The zero-order chi connectivity index (χ0) is 9.83. The van der Waals surface area contributed by atoms with Gasteiger partial charge in [-0.2, -0.15) is 0 Å². The second kappa shape index (κ2) is 3.93. The molecule has 0 saturated carbocycles. The van der Waals surface area contributed by atoms with E-state index in [1.807, 2.05) is 0 Å². The van der Waals surface area contributed by atoms with Crippen LogP contribution in [0.15, 0.2) is 18.5 Å². The van der Waals surface area contributed by atoms with E-state index in [-0.39, 0.29) is 5.54 Å². The van der Waals surface area contributed by atoms with Crippen molar-refractivity contribution in [2.75, 3.05) is 13.1 Å². The van der Waals surface area contributed by atoms with Gasteiger partial charge in [-0.25, -0.2) is 0 Å². The summed E-state index contributed by atoms with van der Waals surface area (Å²) < 4.78 is 0.955. The fourth-order valence-electron chi connectivity index (χ4n) is 1.72. The van der Waals surface area contributed by atoms with Gasteiger partial charge in [-0.1, -0.05) is 12.3 Å². The smallest absolute Gasteiger partial charge is 0.139 e. The molecule has 0 bridgehead atoms. The summed E-state index contributed by atoms with van der Waals surface area (Å²) >= 11 is 0. The van der Waals surface area contributed by atoms with Crippen LogP contribution in [-0.4, -0.2) is 23.1 Å². The minimum Gasteiger partial charge on any atom is -0.287 e. The van der Waals surface area contributed by atoms with Gasteiger partial charge >= 0.3 is 0 Å². The Labute approximate surface area is 77.0 Å². The second-order valence-electron chi connectivity index (χ2n) is 4.17. The van der Waals surface area contributed by atoms with Gasteiger partial charge in [0.2, 0.25) is 0 Å². The van der Waals surface area contributed by atoms with Gasteiger partial charge in [-0.15, -0.1) is 0 Å². The average Bonchev–Trinajstić information content (AvgIpc) is 1.98. The summed E-state index contributed by atoms with van der Waals surface area (Å²) in [5, 5.41) is 0. The maximum atomic E-state index is 3.66. The summed E-state index contributed by atoms with van der Waals surface area (Å²) in [4.78, 5) is 0. The Balaban J connectivity index is 4.95. The van der Waals surface area contributed by atoms with E-state index in [2.05, 4.69) is 53.1 Å². The molecule has 0 rings (SSSR count). The van der Waals surface area contributed by atoms with Crippen molar-refractivity contribution in [3.63, 3.8) is 0 Å². The molecule has 0 heterocycles. The van der Waals surface area contributed by atoms with Crippen molar-refractivity contribution < 1.29 is 4.48 Å². The molecule has 0 aliphatic carbocycles. The summed E-state index contributed by atoms with van der Waals surface area (Å²) in [6, 6.07) is 0. The number of hydrogen-bond acceptors (Lipinski definition) is 0. The van der Waals surface area contributed by atoms with Gasteiger partial charge < -0.3 is 0 Å². The van der Waals surface area contributed by atoms with Crippen molar-refractivity contribution in [1.82, 2.24) is 0 Å². The Morgan fingerprint density at radius 3 is 1.75 bits per heavy atom. The summed E-state index contributed by atoms with van der Waals surface area (Å²) in [5.74, 6) is 0. The van der Waals surface area contributed by atoms with Crippen LogP contribution in [0.1, 0.15) is 34.6 Å². The summed E-state index contributed by atoms with van der Waals surface area (Å²) in [7, 11) is 0. The maximum absolute atomic E-state index is 3.66. The van der Waals surface area contributed by atoms with Gasteiger partial charge in [0.05, 0.1) is 18.6 Å². The van der Waals surface area contributed by atoms with E-state index in [0.717, 1.165) is 17.6 Å². The summed E-state index contributed by atoms with van der Waals surface area (Å²) in [6.07, 6.45) is 2.08. The van der Waals surface area contributed by atoms with Crippen molar-refractivity contribution in [1.29, 1.82) is 0 Å². The molecule has 1 nitrogen and oxygen atoms in total. The van der Waals surface area contributed by atoms with Crippen LogP contribution in [0.25, 0.3) is 0 Å². The molecule has 0 aromatic rings. The van der Waals surface area contributed by atoms with Gasteiger partial charge in [0.15, 0.2) is 0 Å². The highest BCUT2D eigenvalue weighted by molar-refractivity contribution is 4.74. The normalized spacial score (nSPS) is 12.4. The fourth-order valence-corrected chi connectivity index (χ4v) is 1.72. The highest BCUT2D eigenvalue weighted by Gasteiger charge is 2.35. The molecular formula is C11H22N+. The van der Waals surface area contributed by atoms with E-state index in [4.69, 9.17) is 0 Å². The van der Waals surface area contributed by atoms with Crippen LogP contribution < -0.4 is 0 Å². The standard InChI is InChI=1S/C11H22N/c1-7-10-12(8-2,9-3)11(4,5)6/h10H,1,8-9H2,2-6H3/q+1. The first-order chi connectivity index (χ1) is 5.43. The molecule has 0 atom stereocenters. The third-order valence-electron chi connectivity index (χ3n) is 2.80. The lowest BCUT2D eigenvalue weighted by atomic mass is 10.0. The Morgan fingerprint density at radius 1 is 1.25 bits per heavy atom. The molecule has 0 fully saturated rings. The van der Waals surface area contributed by atoms with Crippen molar-refractivity contribution >= 4 is 0 Å². The molecule has 70 valence electrons. The van der Waals surface area contributed by atoms with Crippen LogP contribution in [0.5, 0.6) is 0 Å². The molecule has 0 aromatic heterocycles. The third kappa shape index (κ3) is 2.00. The van der Waals surface area contributed by atoms with Gasteiger partial charge in [-0.05, 0) is 34.6 Å². The largest absolute Gasteiger partial charge is 0.287 e. The van der Waals surface area contributed by atoms with Crippen LogP contribution >= 0.6 is 0 Å². The van der Waals surface area contributed by atoms with Crippen LogP contribution in [-0.2, 0) is 0 Å². The molecule has 0 aliphatic heterocycles. The van der Waals surface area contributed by atoms with Crippen molar-refractivity contribution in [3.05, 3.63) is 18.5 Å². The molecule has 12 heavy (non-hydrogen) atoms. The quantitative estimate of drug-likeness (QED) is 0.449. The monoisotopic (exact) mass is 168 g/mol. The number of hydrogen-bond donors (Lipinski definition) is 0. The van der Waals surface area contributed by atoms with Crippen molar-refractivity contribution in [2.24, 2.45) is 0 Å². The van der Waals surface area contributed by atoms with E-state index in [1.54, 1.807) is 0 Å². The molecule has 0 spiro atoms. The summed E-state index contributed by atoms with van der Waals surface area (Å²) in [6.45, 7) is 17.1. The average molecular weight is 168 g/mol. The van der Waals surface area contributed by atoms with Crippen LogP contribution in [0.4, 0.5) is 0 Å². The molecule has 0 N–H and O–H groups in total. The Bertz CT molecular complexity index is 176. The number of rotatable bonds is 3. The highest BCUT2D eigenvalue weighted by atomic mass is 15.4. The molecule has 0 aliphatic rings. The molecule has 0 aromatic carbocycles. The van der Waals surface area contributed by atoms with Crippen molar-refractivity contribution in [2.45, 2.75) is 40.2 Å². The first kappa shape index (κ1) is 11.5. The molecule has 0 radical (unpaired) electrons. The van der Waals surface area contributed by atoms with E-state index < -0.39 is 0 Å². The van der Waals surface area contributed by atoms with E-state index in [9.17, 15) is 0 Å². The first-order valence-electron chi connectivity index (χ1n) is 4.67. The zero-order valence-corrected chi connectivity index (χ0v) is 9.15. The van der Waals surface area contributed by atoms with E-state index in [1.165, 1.54) is 0 Å². The van der Waals surface area contributed by atoms with E-state index in [0.29, 0.717) is 0 Å². The molecule has 0 unspecified atom stereocenters. The number of quaternary nitrogens is 1. The Morgan fingerprint density at radius 2 is 1.67 bits per heavy atom. The topological polar surface area (TPSA) is 0 Å². The predicted molar refractivity (Wildman–Crippen MR) is 54.8 cm³/mol. The minimum atomic E-state index is 0.244. The molecular weight excluding hydrogens is 146 g/mol. The number of nitrogens with zero attached hydrogens (tertiary/aromatic N) is 1. The molecule has 1 heteroatoms. The van der Waals surface area contributed by atoms with Gasteiger partial charge in [0.1, 0.15) is 6.20 Å². The SMILES string of the molecule is C=C=C[N+](CC)(CC)C(C)(C)C. The van der Waals surface area contributed by atoms with Crippen LogP contribution in [0.2, 0.25) is 0 Å². The Hall–Kier alpha value is -0.520. The minimum absolute atomic E-state index is 0.244. The van der Waals surface area contributed by atoms with Crippen LogP contribution in [0.3, 0.4) is 0 Å². The van der Waals surface area contributed by atoms with Gasteiger partial charge in [0.25, 0.3) is 0 Å². The maximum Gasteiger partial charge on any atom is 0.139 e. The third-order valence-corrected chi connectivity index (χ3v) is 2.80. The molecule has 0 amide bonds. The fraction of sp³-hybridized carbons (Fsp3) is 0.727. The zero-order valence-electron chi connectivity index (χ0n) is 9.15. The second-order valence-corrected chi connectivity index (χ2v) is 4.17. The first-order valence-corrected chi connectivity index (χ1v) is 4.67. The Kier molecular flexibility index (Phi) is 3.76. The van der Waals surface area contributed by atoms with Gasteiger partial charge in [0, 0.05) is 0 Å². The molecule has 0 saturated heterocycles.